The van der Waals surface area contributed by atoms with Gasteiger partial charge < -0.3 is 0 Å². The number of halogens is 3. The highest BCUT2D eigenvalue weighted by Gasteiger charge is 2.13. The van der Waals surface area contributed by atoms with Gasteiger partial charge in [-0.15, -0.1) is 0 Å². The molecule has 0 aliphatic carbocycles. The van der Waals surface area contributed by atoms with Crippen molar-refractivity contribution < 1.29 is 8.78 Å². The third-order valence-corrected chi connectivity index (χ3v) is 2.31. The van der Waals surface area contributed by atoms with Crippen LogP contribution in [0.3, 0.4) is 0 Å². The predicted octanol–water partition coefficient (Wildman–Crippen LogP) is 2.69. The van der Waals surface area contributed by atoms with E-state index in [2.05, 4.69) is 4.98 Å². The van der Waals surface area contributed by atoms with Gasteiger partial charge in [0.2, 0.25) is 0 Å². The first kappa shape index (κ1) is 10.3. The Labute approximate surface area is 87.7 Å². The zero-order valence-corrected chi connectivity index (χ0v) is 8.62. The molecule has 0 spiro atoms. The van der Waals surface area contributed by atoms with Crippen LogP contribution in [0.15, 0.2) is 12.1 Å². The third kappa shape index (κ3) is 2.59. The second kappa shape index (κ2) is 4.46. The molecule has 68 valence electrons. The lowest BCUT2D eigenvalue weighted by atomic mass is 10.2. The van der Waals surface area contributed by atoms with E-state index < -0.39 is 6.43 Å². The van der Waals surface area contributed by atoms with Gasteiger partial charge in [0.05, 0.1) is 18.2 Å². The molecular formula is C8H5F2IN2. The van der Waals surface area contributed by atoms with E-state index in [9.17, 15) is 8.78 Å². The topological polar surface area (TPSA) is 36.7 Å². The molecule has 13 heavy (non-hydrogen) atoms. The van der Waals surface area contributed by atoms with Gasteiger partial charge in [-0.25, -0.2) is 13.8 Å². The maximum atomic E-state index is 12.3. The lowest BCUT2D eigenvalue weighted by Crippen LogP contribution is -1.98. The molecule has 0 amide bonds. The molecule has 0 bridgehead atoms. The molecular weight excluding hydrogens is 289 g/mol. The summed E-state index contributed by atoms with van der Waals surface area (Å²) >= 11 is 1.80. The van der Waals surface area contributed by atoms with Gasteiger partial charge in [0.25, 0.3) is 6.43 Å². The number of hydrogen-bond acceptors (Lipinski definition) is 2. The summed E-state index contributed by atoms with van der Waals surface area (Å²) in [5.74, 6) is 0. The van der Waals surface area contributed by atoms with E-state index in [1.54, 1.807) is 34.7 Å². The van der Waals surface area contributed by atoms with Gasteiger partial charge in [0.1, 0.15) is 5.69 Å². The molecule has 0 aliphatic rings. The number of alkyl halides is 2. The fourth-order valence-corrected chi connectivity index (χ4v) is 1.37. The van der Waals surface area contributed by atoms with Crippen LogP contribution in [0.4, 0.5) is 8.78 Å². The van der Waals surface area contributed by atoms with Gasteiger partial charge in [0.15, 0.2) is 0 Å². The minimum absolute atomic E-state index is 0.0661. The Balaban J connectivity index is 3.05. The average Bonchev–Trinajstić information content (AvgIpc) is 2.08. The molecule has 0 saturated carbocycles. The van der Waals surface area contributed by atoms with E-state index in [0.717, 1.165) is 0 Å². The first-order valence-electron chi connectivity index (χ1n) is 3.45. The van der Waals surface area contributed by atoms with E-state index in [0.29, 0.717) is 9.26 Å². The molecule has 0 N–H and O–H groups in total. The number of aromatic nitrogens is 1. The van der Waals surface area contributed by atoms with Gasteiger partial charge in [-0.05, 0) is 34.7 Å². The number of pyridine rings is 1. The van der Waals surface area contributed by atoms with Crippen LogP contribution >= 0.6 is 22.6 Å². The summed E-state index contributed by atoms with van der Waals surface area (Å²) < 4.78 is 25.0. The predicted molar refractivity (Wildman–Crippen MR) is 51.2 cm³/mol. The van der Waals surface area contributed by atoms with E-state index in [-0.39, 0.29) is 12.1 Å². The van der Waals surface area contributed by atoms with E-state index in [4.69, 9.17) is 5.26 Å². The maximum absolute atomic E-state index is 12.3. The quantitative estimate of drug-likeness (QED) is 0.786. The van der Waals surface area contributed by atoms with Crippen molar-refractivity contribution in [3.63, 3.8) is 0 Å². The second-order valence-corrected chi connectivity index (χ2v) is 3.47. The fourth-order valence-electron chi connectivity index (χ4n) is 0.833. The lowest BCUT2D eigenvalue weighted by molar-refractivity contribution is 0.145. The van der Waals surface area contributed by atoms with Crippen molar-refractivity contribution >= 4 is 22.6 Å². The molecule has 0 saturated heterocycles. The van der Waals surface area contributed by atoms with E-state index >= 15 is 0 Å². The van der Waals surface area contributed by atoms with Crippen molar-refractivity contribution in [2.45, 2.75) is 12.8 Å². The molecule has 0 fully saturated rings. The zero-order valence-electron chi connectivity index (χ0n) is 6.47. The Morgan fingerprint density at radius 1 is 1.54 bits per heavy atom. The number of hydrogen-bond donors (Lipinski definition) is 0. The largest absolute Gasteiger partial charge is 0.281 e. The van der Waals surface area contributed by atoms with Gasteiger partial charge in [-0.2, -0.15) is 5.26 Å². The van der Waals surface area contributed by atoms with Gasteiger partial charge >= 0.3 is 0 Å². The summed E-state index contributed by atoms with van der Waals surface area (Å²) in [4.78, 5) is 3.68. The SMILES string of the molecule is N#CCc1ccc(I)c(C(F)F)n1. The molecule has 0 unspecified atom stereocenters. The average molecular weight is 294 g/mol. The minimum Gasteiger partial charge on any atom is -0.250 e. The Morgan fingerprint density at radius 2 is 2.23 bits per heavy atom. The standard InChI is InChI=1S/C8H5F2IN2/c9-8(10)7-6(11)2-1-5(13-7)3-4-12/h1-2,8H,3H2. The van der Waals surface area contributed by atoms with Crippen LogP contribution in [0.1, 0.15) is 17.8 Å². The lowest BCUT2D eigenvalue weighted by Gasteiger charge is -2.03. The zero-order chi connectivity index (χ0) is 9.84. The van der Waals surface area contributed by atoms with Crippen molar-refractivity contribution in [1.29, 1.82) is 5.26 Å². The van der Waals surface area contributed by atoms with Gasteiger partial charge in [0, 0.05) is 3.57 Å². The van der Waals surface area contributed by atoms with Crippen LogP contribution < -0.4 is 0 Å². The summed E-state index contributed by atoms with van der Waals surface area (Å²) in [6.07, 6.45) is -2.51. The second-order valence-electron chi connectivity index (χ2n) is 2.31. The molecule has 0 aliphatic heterocycles. The van der Waals surface area contributed by atoms with Crippen molar-refractivity contribution in [2.75, 3.05) is 0 Å². The molecule has 1 rings (SSSR count). The van der Waals surface area contributed by atoms with Gasteiger partial charge in [-0.1, -0.05) is 0 Å². The van der Waals surface area contributed by atoms with Crippen LogP contribution in [-0.4, -0.2) is 4.98 Å². The molecule has 1 aromatic rings. The Morgan fingerprint density at radius 3 is 2.77 bits per heavy atom. The number of nitriles is 1. The van der Waals surface area contributed by atoms with E-state index in [1.165, 1.54) is 0 Å². The normalized spacial score (nSPS) is 10.1. The first-order chi connectivity index (χ1) is 6.15. The molecule has 1 heterocycles. The highest BCUT2D eigenvalue weighted by Crippen LogP contribution is 2.22. The number of nitrogens with zero attached hydrogens (tertiary/aromatic N) is 2. The van der Waals surface area contributed by atoms with Crippen LogP contribution in [-0.2, 0) is 6.42 Å². The maximum Gasteiger partial charge on any atom is 0.281 e. The minimum atomic E-state index is -2.58. The summed E-state index contributed by atoms with van der Waals surface area (Å²) in [6, 6.07) is 4.98. The van der Waals surface area contributed by atoms with Crippen molar-refractivity contribution in [3.8, 4) is 6.07 Å². The smallest absolute Gasteiger partial charge is 0.250 e. The monoisotopic (exact) mass is 294 g/mol. The third-order valence-electron chi connectivity index (χ3n) is 1.40. The van der Waals surface area contributed by atoms with Crippen LogP contribution in [0.2, 0.25) is 0 Å². The van der Waals surface area contributed by atoms with Crippen LogP contribution in [0.5, 0.6) is 0 Å². The summed E-state index contributed by atoms with van der Waals surface area (Å²) in [7, 11) is 0. The Hall–Kier alpha value is -0.770. The van der Waals surface area contributed by atoms with E-state index in [1.807, 2.05) is 6.07 Å². The molecule has 0 radical (unpaired) electrons. The Bertz CT molecular complexity index is 346. The molecule has 2 nitrogen and oxygen atoms in total. The van der Waals surface area contributed by atoms with Gasteiger partial charge in [-0.3, -0.25) is 0 Å². The fraction of sp³-hybridized carbons (Fsp3) is 0.250. The Kier molecular flexibility index (Phi) is 3.54. The highest BCUT2D eigenvalue weighted by atomic mass is 127. The molecule has 0 atom stereocenters. The molecule has 0 aromatic carbocycles. The van der Waals surface area contributed by atoms with Crippen molar-refractivity contribution in [1.82, 2.24) is 4.98 Å². The summed E-state index contributed by atoms with van der Waals surface area (Å²) in [5.41, 5.74) is 0.145. The first-order valence-corrected chi connectivity index (χ1v) is 4.53. The molecule has 5 heteroatoms. The van der Waals surface area contributed by atoms with Crippen molar-refractivity contribution in [3.05, 3.63) is 27.1 Å². The summed E-state index contributed by atoms with van der Waals surface area (Å²) in [5, 5.41) is 8.34. The summed E-state index contributed by atoms with van der Waals surface area (Å²) in [6.45, 7) is 0. The van der Waals surface area contributed by atoms with Crippen LogP contribution in [0.25, 0.3) is 0 Å². The van der Waals surface area contributed by atoms with Crippen molar-refractivity contribution in [2.24, 2.45) is 0 Å². The number of rotatable bonds is 2. The highest BCUT2D eigenvalue weighted by molar-refractivity contribution is 14.1. The van der Waals surface area contributed by atoms with Crippen LogP contribution in [0, 0.1) is 14.9 Å². The molecule has 1 aromatic heterocycles.